The van der Waals surface area contributed by atoms with Crippen molar-refractivity contribution in [3.63, 3.8) is 0 Å². The standard InChI is InChI=1S/C31H35Cl2N3O5S/c1-22(31(38)34-24-11-6-7-12-24)35(19-27-28(32)13-8-14-29(27)33)30(37)20-36(42(2,39)40)25-15-17-26(18-16-25)41-21-23-9-4-3-5-10-23/h3-5,8-10,13-18,22,24H,6-7,11-12,19-21H2,1-2H3,(H,34,38). The molecule has 1 aliphatic carbocycles. The molecule has 42 heavy (non-hydrogen) atoms. The number of rotatable bonds is 12. The number of carbonyl (C=O) groups is 2. The number of sulfonamides is 1. The van der Waals surface area contributed by atoms with Crippen LogP contribution in [0.25, 0.3) is 0 Å². The molecular weight excluding hydrogens is 597 g/mol. The van der Waals surface area contributed by atoms with Gasteiger partial charge in [0, 0.05) is 28.2 Å². The average molecular weight is 633 g/mol. The van der Waals surface area contributed by atoms with E-state index in [-0.39, 0.29) is 24.2 Å². The van der Waals surface area contributed by atoms with Crippen LogP contribution in [-0.4, -0.2) is 50.0 Å². The Bertz CT molecular complexity index is 1460. The van der Waals surface area contributed by atoms with Gasteiger partial charge in [0.2, 0.25) is 21.8 Å². The topological polar surface area (TPSA) is 96.0 Å². The molecule has 0 spiro atoms. The molecule has 11 heteroatoms. The SMILES string of the molecule is CC(C(=O)NC1CCCC1)N(Cc1c(Cl)cccc1Cl)C(=O)CN(c1ccc(OCc2ccccc2)cc1)S(C)(=O)=O. The molecule has 1 N–H and O–H groups in total. The smallest absolute Gasteiger partial charge is 0.244 e. The molecule has 0 saturated heterocycles. The second-order valence-corrected chi connectivity index (χ2v) is 13.1. The summed E-state index contributed by atoms with van der Waals surface area (Å²) in [5.74, 6) is -0.339. The number of nitrogens with one attached hydrogen (secondary N) is 1. The van der Waals surface area contributed by atoms with Crippen molar-refractivity contribution in [2.24, 2.45) is 0 Å². The van der Waals surface area contributed by atoms with Crippen molar-refractivity contribution in [2.45, 2.75) is 57.8 Å². The number of nitrogens with zero attached hydrogens (tertiary/aromatic N) is 2. The maximum atomic E-state index is 13.8. The summed E-state index contributed by atoms with van der Waals surface area (Å²) in [4.78, 5) is 28.4. The molecule has 2 amide bonds. The Morgan fingerprint density at radius 3 is 2.17 bits per heavy atom. The largest absolute Gasteiger partial charge is 0.489 e. The molecule has 8 nitrogen and oxygen atoms in total. The number of anilines is 1. The Balaban J connectivity index is 1.55. The quantitative estimate of drug-likeness (QED) is 0.272. The Kier molecular flexibility index (Phi) is 10.8. The highest BCUT2D eigenvalue weighted by molar-refractivity contribution is 7.92. The van der Waals surface area contributed by atoms with Gasteiger partial charge in [-0.1, -0.05) is 72.4 Å². The van der Waals surface area contributed by atoms with Crippen LogP contribution in [0.15, 0.2) is 72.8 Å². The van der Waals surface area contributed by atoms with E-state index in [1.807, 2.05) is 30.3 Å². The van der Waals surface area contributed by atoms with Gasteiger partial charge in [-0.2, -0.15) is 0 Å². The minimum atomic E-state index is -3.88. The summed E-state index contributed by atoms with van der Waals surface area (Å²) in [6.07, 6.45) is 4.88. The first-order valence-electron chi connectivity index (χ1n) is 13.8. The molecule has 3 aromatic carbocycles. The molecule has 0 aliphatic heterocycles. The normalized spacial score (nSPS) is 14.3. The summed E-state index contributed by atoms with van der Waals surface area (Å²) >= 11 is 12.8. The van der Waals surface area contributed by atoms with Gasteiger partial charge in [-0.25, -0.2) is 8.42 Å². The van der Waals surface area contributed by atoms with Crippen molar-refractivity contribution in [1.82, 2.24) is 10.2 Å². The van der Waals surface area contributed by atoms with Crippen LogP contribution in [0.5, 0.6) is 5.75 Å². The lowest BCUT2D eigenvalue weighted by atomic mass is 10.1. The number of halogens is 2. The van der Waals surface area contributed by atoms with Crippen molar-refractivity contribution in [3.05, 3.63) is 94.0 Å². The second-order valence-electron chi connectivity index (χ2n) is 10.4. The van der Waals surface area contributed by atoms with Gasteiger partial charge in [0.1, 0.15) is 24.9 Å². The molecule has 0 radical (unpaired) electrons. The van der Waals surface area contributed by atoms with Gasteiger partial charge in [-0.3, -0.25) is 13.9 Å². The lowest BCUT2D eigenvalue weighted by Gasteiger charge is -2.32. The number of amides is 2. The van der Waals surface area contributed by atoms with E-state index in [0.29, 0.717) is 28.0 Å². The number of carbonyl (C=O) groups excluding carboxylic acids is 2. The molecule has 1 unspecified atom stereocenters. The molecule has 1 fully saturated rings. The van der Waals surface area contributed by atoms with Crippen LogP contribution in [0.4, 0.5) is 5.69 Å². The van der Waals surface area contributed by atoms with Crippen LogP contribution in [0.2, 0.25) is 10.0 Å². The first-order chi connectivity index (χ1) is 20.0. The zero-order valence-electron chi connectivity index (χ0n) is 23.6. The van der Waals surface area contributed by atoms with Crippen LogP contribution in [0.1, 0.15) is 43.7 Å². The highest BCUT2D eigenvalue weighted by Crippen LogP contribution is 2.28. The average Bonchev–Trinajstić information content (AvgIpc) is 3.47. The van der Waals surface area contributed by atoms with E-state index in [0.717, 1.165) is 41.8 Å². The molecule has 3 aromatic rings. The van der Waals surface area contributed by atoms with E-state index in [1.54, 1.807) is 49.4 Å². The molecule has 1 atom stereocenters. The predicted octanol–water partition coefficient (Wildman–Crippen LogP) is 5.81. The monoisotopic (exact) mass is 631 g/mol. The zero-order valence-corrected chi connectivity index (χ0v) is 26.0. The Labute approximate surface area is 257 Å². The number of hydrogen-bond acceptors (Lipinski definition) is 5. The maximum absolute atomic E-state index is 13.8. The number of benzene rings is 3. The van der Waals surface area contributed by atoms with Gasteiger partial charge < -0.3 is 15.0 Å². The molecule has 0 aromatic heterocycles. The van der Waals surface area contributed by atoms with Gasteiger partial charge in [0.25, 0.3) is 0 Å². The molecule has 0 bridgehead atoms. The molecule has 224 valence electrons. The van der Waals surface area contributed by atoms with Crippen LogP contribution >= 0.6 is 23.2 Å². The Morgan fingerprint density at radius 1 is 0.952 bits per heavy atom. The highest BCUT2D eigenvalue weighted by Gasteiger charge is 2.32. The summed E-state index contributed by atoms with van der Waals surface area (Å²) in [6, 6.07) is 20.3. The van der Waals surface area contributed by atoms with Gasteiger partial charge >= 0.3 is 0 Å². The zero-order chi connectivity index (χ0) is 30.3. The summed E-state index contributed by atoms with van der Waals surface area (Å²) in [6.45, 7) is 1.39. The first kappa shape index (κ1) is 31.7. The maximum Gasteiger partial charge on any atom is 0.244 e. The first-order valence-corrected chi connectivity index (χ1v) is 16.4. The number of ether oxygens (including phenoxy) is 1. The minimum Gasteiger partial charge on any atom is -0.489 e. The van der Waals surface area contributed by atoms with E-state index < -0.39 is 28.5 Å². The van der Waals surface area contributed by atoms with Gasteiger partial charge in [-0.05, 0) is 61.7 Å². The third-order valence-electron chi connectivity index (χ3n) is 7.31. The van der Waals surface area contributed by atoms with Gasteiger partial charge in [0.15, 0.2) is 0 Å². The Hall–Kier alpha value is -3.27. The molecular formula is C31H35Cl2N3O5S. The van der Waals surface area contributed by atoms with E-state index in [9.17, 15) is 18.0 Å². The van der Waals surface area contributed by atoms with Crippen LogP contribution in [0.3, 0.4) is 0 Å². The fourth-order valence-electron chi connectivity index (χ4n) is 4.89. The molecule has 4 rings (SSSR count). The lowest BCUT2D eigenvalue weighted by molar-refractivity contribution is -0.139. The summed E-state index contributed by atoms with van der Waals surface area (Å²) in [5, 5.41) is 3.71. The summed E-state index contributed by atoms with van der Waals surface area (Å²) in [5.41, 5.74) is 1.76. The molecule has 0 heterocycles. The predicted molar refractivity (Wildman–Crippen MR) is 166 cm³/mol. The van der Waals surface area contributed by atoms with Crippen molar-refractivity contribution in [2.75, 3.05) is 17.1 Å². The van der Waals surface area contributed by atoms with Gasteiger partial charge in [0.05, 0.1) is 11.9 Å². The third-order valence-corrected chi connectivity index (χ3v) is 9.16. The third kappa shape index (κ3) is 8.40. The van der Waals surface area contributed by atoms with E-state index in [1.165, 1.54) is 4.90 Å². The van der Waals surface area contributed by atoms with Crippen LogP contribution in [0, 0.1) is 0 Å². The van der Waals surface area contributed by atoms with Crippen molar-refractivity contribution < 1.29 is 22.7 Å². The van der Waals surface area contributed by atoms with E-state index >= 15 is 0 Å². The van der Waals surface area contributed by atoms with Crippen LogP contribution in [-0.2, 0) is 32.8 Å². The van der Waals surface area contributed by atoms with Crippen molar-refractivity contribution >= 4 is 50.7 Å². The van der Waals surface area contributed by atoms with Crippen LogP contribution < -0.4 is 14.4 Å². The fourth-order valence-corrected chi connectivity index (χ4v) is 6.26. The molecule has 1 saturated carbocycles. The lowest BCUT2D eigenvalue weighted by Crippen LogP contribution is -2.52. The second kappa shape index (κ2) is 14.3. The summed E-state index contributed by atoms with van der Waals surface area (Å²) in [7, 11) is -3.88. The highest BCUT2D eigenvalue weighted by atomic mass is 35.5. The van der Waals surface area contributed by atoms with E-state index in [4.69, 9.17) is 27.9 Å². The fraction of sp³-hybridized carbons (Fsp3) is 0.355. The summed E-state index contributed by atoms with van der Waals surface area (Å²) < 4.78 is 32.6. The number of hydrogen-bond donors (Lipinski definition) is 1. The van der Waals surface area contributed by atoms with E-state index in [2.05, 4.69) is 5.32 Å². The molecule has 1 aliphatic rings. The van der Waals surface area contributed by atoms with Gasteiger partial charge in [-0.15, -0.1) is 0 Å². The Morgan fingerprint density at radius 2 is 1.57 bits per heavy atom. The minimum absolute atomic E-state index is 0.0518. The van der Waals surface area contributed by atoms with Crippen molar-refractivity contribution in [3.8, 4) is 5.75 Å². The van der Waals surface area contributed by atoms with Crippen molar-refractivity contribution in [1.29, 1.82) is 0 Å².